The predicted octanol–water partition coefficient (Wildman–Crippen LogP) is 4.21. The van der Waals surface area contributed by atoms with Crippen molar-refractivity contribution >= 4 is 18.6 Å². The summed E-state index contributed by atoms with van der Waals surface area (Å²) in [6.45, 7) is 7.75. The Morgan fingerprint density at radius 1 is 0.850 bits per heavy atom. The third-order valence-electron chi connectivity index (χ3n) is 3.34. The second kappa shape index (κ2) is 5.68. The Kier molecular flexibility index (Phi) is 4.15. The molecule has 0 saturated carbocycles. The minimum atomic E-state index is -2.06. The Morgan fingerprint density at radius 2 is 1.35 bits per heavy atom. The van der Waals surface area contributed by atoms with E-state index in [4.69, 9.17) is 0 Å². The zero-order chi connectivity index (χ0) is 14.9. The number of hydrogen-bond acceptors (Lipinski definition) is 2. The van der Waals surface area contributed by atoms with Crippen molar-refractivity contribution < 1.29 is 9.36 Å². The van der Waals surface area contributed by atoms with Gasteiger partial charge in [0.15, 0.2) is 5.30 Å². The highest BCUT2D eigenvalue weighted by Gasteiger charge is 2.34. The first-order chi connectivity index (χ1) is 9.40. The number of hydrogen-bond donors (Lipinski definition) is 0. The second-order valence-electron chi connectivity index (χ2n) is 5.21. The van der Waals surface area contributed by atoms with Gasteiger partial charge in [0.1, 0.15) is 0 Å². The van der Waals surface area contributed by atoms with Gasteiger partial charge in [-0.25, -0.2) is 4.79 Å². The summed E-state index contributed by atoms with van der Waals surface area (Å²) < 4.78 is 12.4. The highest BCUT2D eigenvalue weighted by Crippen LogP contribution is 2.30. The Balaban J connectivity index is 2.41. The van der Waals surface area contributed by atoms with Crippen molar-refractivity contribution in [3.63, 3.8) is 0 Å². The molecule has 2 aromatic rings. The largest absolute Gasteiger partial charge is 0.458 e. The van der Waals surface area contributed by atoms with Crippen molar-refractivity contribution in [2.24, 2.45) is 0 Å². The van der Waals surface area contributed by atoms with Crippen LogP contribution in [0.3, 0.4) is 0 Å². The molecule has 0 aliphatic carbocycles. The molecule has 0 aliphatic heterocycles. The summed E-state index contributed by atoms with van der Waals surface area (Å²) in [5.74, 6) is 0. The lowest BCUT2D eigenvalue weighted by molar-refractivity contribution is 0.107. The molecule has 0 heterocycles. The lowest BCUT2D eigenvalue weighted by atomic mass is 10.0. The molecular weight excluding hydrogens is 267 g/mol. The van der Waals surface area contributed by atoms with Gasteiger partial charge in [-0.3, -0.25) is 0 Å². The van der Waals surface area contributed by atoms with Crippen LogP contribution in [0.4, 0.5) is 0 Å². The Labute approximate surface area is 120 Å². The fourth-order valence-corrected chi connectivity index (χ4v) is 3.63. The molecule has 102 valence electrons. The van der Waals surface area contributed by atoms with E-state index < -0.39 is 7.80 Å². The van der Waals surface area contributed by atoms with Crippen LogP contribution in [0.2, 0.25) is 0 Å². The van der Waals surface area contributed by atoms with E-state index in [1.807, 2.05) is 52.0 Å². The number of aryl methyl sites for hydroxylation is 4. The maximum absolute atomic E-state index is 12.5. The highest BCUT2D eigenvalue weighted by molar-refractivity contribution is 7.71. The molecule has 3 heteroatoms. The maximum atomic E-state index is 12.5. The quantitative estimate of drug-likeness (QED) is 0.791. The second-order valence-corrected chi connectivity index (χ2v) is 6.72. The SMILES string of the molecule is Cc1ccc([P+](=O)C(=O)c2c(C)cc(C)cc2C)cc1. The summed E-state index contributed by atoms with van der Waals surface area (Å²) >= 11 is 0. The van der Waals surface area contributed by atoms with Gasteiger partial charge in [-0.2, -0.15) is 0 Å². The van der Waals surface area contributed by atoms with Crippen LogP contribution < -0.4 is 5.30 Å². The summed E-state index contributed by atoms with van der Waals surface area (Å²) in [6, 6.07) is 11.2. The minimum absolute atomic E-state index is 0.279. The fraction of sp³-hybridized carbons (Fsp3) is 0.235. The van der Waals surface area contributed by atoms with E-state index in [0.717, 1.165) is 22.3 Å². The van der Waals surface area contributed by atoms with Gasteiger partial charge in [0, 0.05) is 0 Å². The third-order valence-corrected chi connectivity index (χ3v) is 4.70. The zero-order valence-corrected chi connectivity index (χ0v) is 13.1. The van der Waals surface area contributed by atoms with Crippen LogP contribution in [0.25, 0.3) is 0 Å². The zero-order valence-electron chi connectivity index (χ0n) is 12.2. The molecule has 0 spiro atoms. The summed E-state index contributed by atoms with van der Waals surface area (Å²) in [5, 5.41) is 0.593. The van der Waals surface area contributed by atoms with Crippen molar-refractivity contribution in [1.29, 1.82) is 0 Å². The average Bonchev–Trinajstić information content (AvgIpc) is 2.37. The van der Waals surface area contributed by atoms with Crippen LogP contribution in [0.1, 0.15) is 32.6 Å². The monoisotopic (exact) mass is 285 g/mol. The predicted molar refractivity (Wildman–Crippen MR) is 83.4 cm³/mol. The molecule has 0 amide bonds. The summed E-state index contributed by atoms with van der Waals surface area (Å²) in [4.78, 5) is 12.5. The molecular formula is C17H18O2P+. The van der Waals surface area contributed by atoms with Crippen molar-refractivity contribution in [1.82, 2.24) is 0 Å². The van der Waals surface area contributed by atoms with Crippen molar-refractivity contribution in [3.05, 3.63) is 64.2 Å². The van der Waals surface area contributed by atoms with Crippen LogP contribution >= 0.6 is 7.80 Å². The van der Waals surface area contributed by atoms with Crippen LogP contribution in [0, 0.1) is 27.7 Å². The van der Waals surface area contributed by atoms with Crippen molar-refractivity contribution in [2.75, 3.05) is 0 Å². The number of rotatable bonds is 3. The standard InChI is InChI=1S/C17H18O2P/c1-11-5-7-15(8-6-11)20(19)17(18)16-13(3)9-12(2)10-14(16)4/h5-10H,1-4H3/q+1. The van der Waals surface area contributed by atoms with E-state index >= 15 is 0 Å². The van der Waals surface area contributed by atoms with Crippen LogP contribution in [-0.2, 0) is 4.57 Å². The summed E-state index contributed by atoms with van der Waals surface area (Å²) in [5.41, 5.74) is 4.30. The number of carbonyl (C=O) groups excluding carboxylic acids is 1. The van der Waals surface area contributed by atoms with Crippen LogP contribution in [0.15, 0.2) is 36.4 Å². The van der Waals surface area contributed by atoms with E-state index in [-0.39, 0.29) is 5.52 Å². The number of benzene rings is 2. The first-order valence-electron chi connectivity index (χ1n) is 6.56. The summed E-state index contributed by atoms with van der Waals surface area (Å²) in [7, 11) is -2.06. The van der Waals surface area contributed by atoms with Crippen molar-refractivity contribution in [2.45, 2.75) is 27.7 Å². The molecule has 2 nitrogen and oxygen atoms in total. The van der Waals surface area contributed by atoms with Gasteiger partial charge in [-0.15, -0.1) is 0 Å². The lowest BCUT2D eigenvalue weighted by Crippen LogP contribution is -2.07. The Hall–Kier alpha value is -1.79. The van der Waals surface area contributed by atoms with E-state index in [1.54, 1.807) is 12.1 Å². The van der Waals surface area contributed by atoms with Crippen LogP contribution in [0.5, 0.6) is 0 Å². The normalized spacial score (nSPS) is 11.3. The van der Waals surface area contributed by atoms with Gasteiger partial charge in [-0.05, 0) is 51.0 Å². The molecule has 0 N–H and O–H groups in total. The van der Waals surface area contributed by atoms with Gasteiger partial charge < -0.3 is 0 Å². The van der Waals surface area contributed by atoms with Crippen LogP contribution in [-0.4, -0.2) is 5.52 Å². The first kappa shape index (κ1) is 14.6. The molecule has 0 fully saturated rings. The van der Waals surface area contributed by atoms with E-state index in [1.165, 1.54) is 0 Å². The first-order valence-corrected chi connectivity index (χ1v) is 7.82. The lowest BCUT2D eigenvalue weighted by Gasteiger charge is -2.05. The van der Waals surface area contributed by atoms with E-state index in [0.29, 0.717) is 10.9 Å². The van der Waals surface area contributed by atoms with Gasteiger partial charge >= 0.3 is 13.3 Å². The molecule has 1 unspecified atom stereocenters. The van der Waals surface area contributed by atoms with Gasteiger partial charge in [-0.1, -0.05) is 40.0 Å². The molecule has 1 atom stereocenters. The Morgan fingerprint density at radius 3 is 1.85 bits per heavy atom. The third kappa shape index (κ3) is 2.86. The minimum Gasteiger partial charge on any atom is -0.234 e. The van der Waals surface area contributed by atoms with Gasteiger partial charge in [0.25, 0.3) is 0 Å². The smallest absolute Gasteiger partial charge is 0.234 e. The Bertz CT molecular complexity index is 662. The van der Waals surface area contributed by atoms with Gasteiger partial charge in [0.2, 0.25) is 0 Å². The molecule has 2 aromatic carbocycles. The molecule has 0 radical (unpaired) electrons. The molecule has 20 heavy (non-hydrogen) atoms. The average molecular weight is 285 g/mol. The van der Waals surface area contributed by atoms with E-state index in [2.05, 4.69) is 0 Å². The topological polar surface area (TPSA) is 34.1 Å². The molecule has 0 saturated heterocycles. The maximum Gasteiger partial charge on any atom is 0.458 e. The number of carbonyl (C=O) groups is 1. The van der Waals surface area contributed by atoms with Crippen molar-refractivity contribution in [3.8, 4) is 0 Å². The van der Waals surface area contributed by atoms with Gasteiger partial charge in [0.05, 0.1) is 5.56 Å². The molecule has 0 bridgehead atoms. The van der Waals surface area contributed by atoms with E-state index in [9.17, 15) is 9.36 Å². The highest BCUT2D eigenvalue weighted by atomic mass is 31.1. The summed E-state index contributed by atoms with van der Waals surface area (Å²) in [6.07, 6.45) is 0. The molecule has 2 rings (SSSR count). The molecule has 0 aromatic heterocycles. The molecule has 0 aliphatic rings. The fourth-order valence-electron chi connectivity index (χ4n) is 2.42.